The highest BCUT2D eigenvalue weighted by molar-refractivity contribution is 6.15. The summed E-state index contributed by atoms with van der Waals surface area (Å²) in [6.07, 6.45) is 3.27. The Morgan fingerprint density at radius 3 is 2.75 bits per heavy atom. The third-order valence-electron chi connectivity index (χ3n) is 3.28. The molecule has 0 spiro atoms. The van der Waals surface area contributed by atoms with E-state index in [2.05, 4.69) is 42.7 Å². The zero-order valence-electron chi connectivity index (χ0n) is 10.7. The molecule has 3 nitrogen and oxygen atoms in total. The molecule has 0 aromatic carbocycles. The molecule has 1 atom stereocenters. The molecule has 0 saturated heterocycles. The fourth-order valence-corrected chi connectivity index (χ4v) is 2.40. The molecule has 1 N–H and O–H groups in total. The van der Waals surface area contributed by atoms with Crippen molar-refractivity contribution in [2.75, 3.05) is 5.32 Å². The molecular weight excluding hydrogens is 197 g/mol. The van der Waals surface area contributed by atoms with E-state index in [1.54, 1.807) is 0 Å². The van der Waals surface area contributed by atoms with Gasteiger partial charge in [-0.15, -0.1) is 0 Å². The molecule has 0 saturated carbocycles. The Morgan fingerprint density at radius 2 is 2.19 bits per heavy atom. The first-order valence-corrected chi connectivity index (χ1v) is 6.03. The van der Waals surface area contributed by atoms with Gasteiger partial charge in [-0.1, -0.05) is 6.92 Å². The van der Waals surface area contributed by atoms with Crippen molar-refractivity contribution in [1.82, 2.24) is 9.55 Å². The highest BCUT2D eigenvalue weighted by atomic mass is 15.2. The number of anilines is 1. The second-order valence-corrected chi connectivity index (χ2v) is 5.36. The third-order valence-corrected chi connectivity index (χ3v) is 3.28. The Morgan fingerprint density at radius 1 is 1.50 bits per heavy atom. The summed E-state index contributed by atoms with van der Waals surface area (Å²) >= 11 is 0. The Labute approximate surface area is 99.1 Å². The molecule has 1 unspecified atom stereocenters. The fourth-order valence-electron chi connectivity index (χ4n) is 2.40. The normalized spacial score (nSPS) is 24.6. The van der Waals surface area contributed by atoms with Crippen LogP contribution < -0.4 is 5.32 Å². The highest BCUT2D eigenvalue weighted by Gasteiger charge is 2.31. The van der Waals surface area contributed by atoms with Crippen LogP contribution >= 0.6 is 0 Å². The summed E-state index contributed by atoms with van der Waals surface area (Å²) in [6.45, 7) is 6.32. The summed E-state index contributed by atoms with van der Waals surface area (Å²) in [7, 11) is 8.37. The molecule has 1 aliphatic rings. The Balaban J connectivity index is 2.42. The SMILES string of the molecule is [B]C1(C)CCCc2c1nc(NC(C)C)n2C. The van der Waals surface area contributed by atoms with E-state index < -0.39 is 0 Å². The van der Waals surface area contributed by atoms with Crippen molar-refractivity contribution in [3.63, 3.8) is 0 Å². The molecule has 1 aromatic heterocycles. The molecule has 86 valence electrons. The van der Waals surface area contributed by atoms with Crippen LogP contribution in [0.5, 0.6) is 0 Å². The van der Waals surface area contributed by atoms with Crippen molar-refractivity contribution >= 4 is 13.8 Å². The Bertz CT molecular complexity index is 393. The van der Waals surface area contributed by atoms with Crippen molar-refractivity contribution in [2.24, 2.45) is 7.05 Å². The van der Waals surface area contributed by atoms with E-state index in [9.17, 15) is 0 Å². The van der Waals surface area contributed by atoms with Gasteiger partial charge in [0.25, 0.3) is 0 Å². The standard InChI is InChI=1S/C12H20BN3/c1-8(2)14-11-15-10-9(16(11)4)6-5-7-12(10,3)13/h8H,5-7H2,1-4H3,(H,14,15). The lowest BCUT2D eigenvalue weighted by atomic mass is 9.62. The van der Waals surface area contributed by atoms with Crippen LogP contribution in [0.2, 0.25) is 0 Å². The lowest BCUT2D eigenvalue weighted by Crippen LogP contribution is -2.28. The number of hydrogen-bond acceptors (Lipinski definition) is 2. The lowest BCUT2D eigenvalue weighted by molar-refractivity contribution is 0.511. The summed E-state index contributed by atoms with van der Waals surface area (Å²) in [6, 6.07) is 0.395. The molecule has 1 aromatic rings. The van der Waals surface area contributed by atoms with Crippen LogP contribution in [0.25, 0.3) is 0 Å². The molecule has 0 aliphatic heterocycles. The average molecular weight is 217 g/mol. The minimum Gasteiger partial charge on any atom is -0.353 e. The van der Waals surface area contributed by atoms with Crippen LogP contribution in [-0.4, -0.2) is 23.4 Å². The first-order chi connectivity index (χ1) is 7.42. The first-order valence-electron chi connectivity index (χ1n) is 6.03. The second kappa shape index (κ2) is 3.83. The van der Waals surface area contributed by atoms with Gasteiger partial charge in [-0.2, -0.15) is 0 Å². The second-order valence-electron chi connectivity index (χ2n) is 5.36. The summed E-state index contributed by atoms with van der Waals surface area (Å²) in [5, 5.41) is 3.10. The van der Waals surface area contributed by atoms with Crippen LogP contribution in [0.15, 0.2) is 0 Å². The van der Waals surface area contributed by atoms with Crippen LogP contribution in [0.3, 0.4) is 0 Å². The quantitative estimate of drug-likeness (QED) is 0.767. The number of fused-ring (bicyclic) bond motifs is 1. The van der Waals surface area contributed by atoms with E-state index in [1.165, 1.54) is 5.69 Å². The monoisotopic (exact) mass is 217 g/mol. The zero-order valence-corrected chi connectivity index (χ0v) is 10.7. The number of hydrogen-bond donors (Lipinski definition) is 1. The van der Waals surface area contributed by atoms with Gasteiger partial charge in [-0.25, -0.2) is 4.98 Å². The summed E-state index contributed by atoms with van der Waals surface area (Å²) in [4.78, 5) is 4.67. The van der Waals surface area contributed by atoms with Crippen molar-refractivity contribution in [1.29, 1.82) is 0 Å². The van der Waals surface area contributed by atoms with E-state index in [1.807, 2.05) is 0 Å². The van der Waals surface area contributed by atoms with Gasteiger partial charge in [-0.3, -0.25) is 0 Å². The number of nitrogens with zero attached hydrogens (tertiary/aromatic N) is 2. The van der Waals surface area contributed by atoms with Gasteiger partial charge in [0.2, 0.25) is 5.95 Å². The largest absolute Gasteiger partial charge is 0.353 e. The lowest BCUT2D eigenvalue weighted by Gasteiger charge is -2.29. The molecule has 2 rings (SSSR count). The van der Waals surface area contributed by atoms with E-state index in [0.717, 1.165) is 30.9 Å². The molecule has 0 fully saturated rings. The smallest absolute Gasteiger partial charge is 0.203 e. The molecule has 0 amide bonds. The summed E-state index contributed by atoms with van der Waals surface area (Å²) in [5.74, 6) is 0.943. The van der Waals surface area contributed by atoms with E-state index in [-0.39, 0.29) is 5.31 Å². The number of rotatable bonds is 2. The molecule has 2 radical (unpaired) electrons. The number of imidazole rings is 1. The Kier molecular flexibility index (Phi) is 2.76. The van der Waals surface area contributed by atoms with Crippen LogP contribution in [0.1, 0.15) is 45.0 Å². The Hall–Kier alpha value is -0.925. The molecule has 0 bridgehead atoms. The minimum absolute atomic E-state index is 0.262. The van der Waals surface area contributed by atoms with Gasteiger partial charge in [0.1, 0.15) is 0 Å². The van der Waals surface area contributed by atoms with Gasteiger partial charge >= 0.3 is 0 Å². The van der Waals surface area contributed by atoms with Crippen molar-refractivity contribution in [3.8, 4) is 0 Å². The van der Waals surface area contributed by atoms with Gasteiger partial charge in [0.05, 0.1) is 13.5 Å². The maximum Gasteiger partial charge on any atom is 0.203 e. The topological polar surface area (TPSA) is 29.9 Å². The van der Waals surface area contributed by atoms with Gasteiger partial charge in [0.15, 0.2) is 0 Å². The van der Waals surface area contributed by atoms with E-state index >= 15 is 0 Å². The molecule has 16 heavy (non-hydrogen) atoms. The first kappa shape index (κ1) is 11.6. The highest BCUT2D eigenvalue weighted by Crippen LogP contribution is 2.35. The minimum atomic E-state index is -0.262. The average Bonchev–Trinajstić information content (AvgIpc) is 2.45. The van der Waals surface area contributed by atoms with Crippen molar-refractivity contribution in [3.05, 3.63) is 11.4 Å². The predicted molar refractivity (Wildman–Crippen MR) is 68.0 cm³/mol. The predicted octanol–water partition coefficient (Wildman–Crippen LogP) is 1.96. The van der Waals surface area contributed by atoms with Crippen molar-refractivity contribution in [2.45, 2.75) is 51.4 Å². The molecular formula is C12H20BN3. The van der Waals surface area contributed by atoms with Gasteiger partial charge < -0.3 is 9.88 Å². The number of aromatic nitrogens is 2. The van der Waals surface area contributed by atoms with Gasteiger partial charge in [0, 0.05) is 18.8 Å². The zero-order chi connectivity index (χ0) is 11.9. The maximum atomic E-state index is 6.30. The van der Waals surface area contributed by atoms with E-state index in [4.69, 9.17) is 7.85 Å². The molecule has 4 heteroatoms. The van der Waals surface area contributed by atoms with Crippen molar-refractivity contribution < 1.29 is 0 Å². The summed E-state index contributed by atoms with van der Waals surface area (Å²) < 4.78 is 2.15. The number of nitrogens with one attached hydrogen (secondary N) is 1. The third kappa shape index (κ3) is 1.85. The maximum absolute atomic E-state index is 6.30. The van der Waals surface area contributed by atoms with Crippen LogP contribution in [-0.2, 0) is 18.8 Å². The summed E-state index contributed by atoms with van der Waals surface area (Å²) in [5.41, 5.74) is 2.36. The molecule has 1 heterocycles. The molecule has 1 aliphatic carbocycles. The van der Waals surface area contributed by atoms with Crippen LogP contribution in [0, 0.1) is 0 Å². The van der Waals surface area contributed by atoms with Crippen LogP contribution in [0.4, 0.5) is 5.95 Å². The fraction of sp³-hybridized carbons (Fsp3) is 0.750. The van der Waals surface area contributed by atoms with Gasteiger partial charge in [-0.05, 0) is 38.4 Å². The van der Waals surface area contributed by atoms with E-state index in [0.29, 0.717) is 6.04 Å².